The van der Waals surface area contributed by atoms with Crippen molar-refractivity contribution >= 4 is 33.0 Å². The number of rotatable bonds is 5. The first-order valence-corrected chi connectivity index (χ1v) is 7.80. The summed E-state index contributed by atoms with van der Waals surface area (Å²) in [5.74, 6) is 2.46. The average molecular weight is 292 g/mol. The standard InChI is InChI=1S/C11H14ClNO2S2/c1-4-6-9(5-2)13-17(14,15)10-7-8(3)11(12)16-10/h1,7,9,13H,5-6H2,2-3H3. The molecule has 0 amide bonds. The molecule has 6 heteroatoms. The zero-order valence-corrected chi connectivity index (χ0v) is 12.0. The van der Waals surface area contributed by atoms with Gasteiger partial charge < -0.3 is 0 Å². The minimum atomic E-state index is -3.51. The number of aryl methyl sites for hydroxylation is 1. The zero-order valence-electron chi connectivity index (χ0n) is 9.66. The lowest BCUT2D eigenvalue weighted by Gasteiger charge is -2.13. The Morgan fingerprint density at radius 2 is 2.29 bits per heavy atom. The van der Waals surface area contributed by atoms with Crippen molar-refractivity contribution < 1.29 is 8.42 Å². The van der Waals surface area contributed by atoms with Gasteiger partial charge in [-0.1, -0.05) is 18.5 Å². The number of hydrogen-bond acceptors (Lipinski definition) is 3. The van der Waals surface area contributed by atoms with Crippen LogP contribution in [0.4, 0.5) is 0 Å². The Morgan fingerprint density at radius 1 is 1.65 bits per heavy atom. The monoisotopic (exact) mass is 291 g/mol. The van der Waals surface area contributed by atoms with E-state index in [2.05, 4.69) is 10.6 Å². The molecule has 0 aliphatic rings. The van der Waals surface area contributed by atoms with Crippen LogP contribution in [0.25, 0.3) is 0 Å². The van der Waals surface area contributed by atoms with Crippen molar-refractivity contribution in [2.45, 2.75) is 36.9 Å². The number of hydrogen-bond donors (Lipinski definition) is 1. The van der Waals surface area contributed by atoms with Crippen LogP contribution in [0.2, 0.25) is 4.34 Å². The highest BCUT2D eigenvalue weighted by molar-refractivity contribution is 7.91. The molecule has 0 aliphatic carbocycles. The van der Waals surface area contributed by atoms with Crippen LogP contribution < -0.4 is 4.72 Å². The van der Waals surface area contributed by atoms with E-state index in [1.807, 2.05) is 6.92 Å². The van der Waals surface area contributed by atoms with Crippen molar-refractivity contribution in [3.63, 3.8) is 0 Å². The predicted octanol–water partition coefficient (Wildman–Crippen LogP) is 2.79. The number of terminal acetylenes is 1. The molecule has 1 unspecified atom stereocenters. The smallest absolute Gasteiger partial charge is 0.206 e. The van der Waals surface area contributed by atoms with E-state index in [9.17, 15) is 8.42 Å². The summed E-state index contributed by atoms with van der Waals surface area (Å²) in [6.07, 6.45) is 6.22. The fraction of sp³-hybridized carbons (Fsp3) is 0.455. The van der Waals surface area contributed by atoms with Crippen molar-refractivity contribution in [1.82, 2.24) is 4.72 Å². The number of halogens is 1. The Balaban J connectivity index is 2.92. The number of thiophene rings is 1. The first-order valence-electron chi connectivity index (χ1n) is 5.12. The van der Waals surface area contributed by atoms with Crippen LogP contribution in [-0.4, -0.2) is 14.5 Å². The molecule has 0 aliphatic heterocycles. The molecule has 1 aromatic heterocycles. The SMILES string of the molecule is C#CCC(CC)NS(=O)(=O)c1cc(C)c(Cl)s1. The molecule has 0 fully saturated rings. The van der Waals surface area contributed by atoms with Crippen LogP contribution in [0.1, 0.15) is 25.3 Å². The molecule has 0 spiro atoms. The Hall–Kier alpha value is -0.540. The van der Waals surface area contributed by atoms with E-state index in [4.69, 9.17) is 18.0 Å². The quantitative estimate of drug-likeness (QED) is 0.848. The largest absolute Gasteiger partial charge is 0.250 e. The maximum atomic E-state index is 12.0. The van der Waals surface area contributed by atoms with Gasteiger partial charge in [-0.2, -0.15) is 0 Å². The van der Waals surface area contributed by atoms with Crippen LogP contribution in [0, 0.1) is 19.3 Å². The molecule has 1 heterocycles. The molecule has 3 nitrogen and oxygen atoms in total. The normalized spacial score (nSPS) is 13.3. The maximum Gasteiger partial charge on any atom is 0.250 e. The second-order valence-electron chi connectivity index (χ2n) is 3.66. The van der Waals surface area contributed by atoms with Crippen LogP contribution in [-0.2, 0) is 10.0 Å². The minimum absolute atomic E-state index is 0.230. The van der Waals surface area contributed by atoms with Gasteiger partial charge in [0.2, 0.25) is 10.0 Å². The van der Waals surface area contributed by atoms with Crippen LogP contribution in [0.5, 0.6) is 0 Å². The van der Waals surface area contributed by atoms with Gasteiger partial charge >= 0.3 is 0 Å². The van der Waals surface area contributed by atoms with E-state index >= 15 is 0 Å². The van der Waals surface area contributed by atoms with Crippen molar-refractivity contribution in [3.8, 4) is 12.3 Å². The van der Waals surface area contributed by atoms with E-state index in [-0.39, 0.29) is 10.3 Å². The van der Waals surface area contributed by atoms with Gasteiger partial charge in [-0.25, -0.2) is 13.1 Å². The van der Waals surface area contributed by atoms with Gasteiger partial charge in [0, 0.05) is 12.5 Å². The first-order chi connectivity index (χ1) is 7.90. The first kappa shape index (κ1) is 14.5. The van der Waals surface area contributed by atoms with E-state index < -0.39 is 10.0 Å². The zero-order chi connectivity index (χ0) is 13.1. The summed E-state index contributed by atoms with van der Waals surface area (Å²) >= 11 is 6.92. The van der Waals surface area contributed by atoms with Crippen molar-refractivity contribution in [3.05, 3.63) is 16.0 Å². The summed E-state index contributed by atoms with van der Waals surface area (Å²) in [6, 6.07) is 1.34. The molecule has 0 bridgehead atoms. The Labute approximate surface area is 111 Å². The molecule has 0 saturated carbocycles. The molecule has 1 rings (SSSR count). The van der Waals surface area contributed by atoms with E-state index in [1.54, 1.807) is 13.0 Å². The summed E-state index contributed by atoms with van der Waals surface area (Å²) in [7, 11) is -3.51. The summed E-state index contributed by atoms with van der Waals surface area (Å²) in [6.45, 7) is 3.66. The van der Waals surface area contributed by atoms with Gasteiger partial charge in [0.05, 0.1) is 4.34 Å². The summed E-state index contributed by atoms with van der Waals surface area (Å²) in [5.41, 5.74) is 0.766. The van der Waals surface area contributed by atoms with Gasteiger partial charge in [0.15, 0.2) is 0 Å². The van der Waals surface area contributed by atoms with E-state index in [0.29, 0.717) is 17.2 Å². The summed E-state index contributed by atoms with van der Waals surface area (Å²) in [4.78, 5) is 0. The lowest BCUT2D eigenvalue weighted by molar-refractivity contribution is 0.545. The lowest BCUT2D eigenvalue weighted by Crippen LogP contribution is -2.33. The highest BCUT2D eigenvalue weighted by Crippen LogP contribution is 2.30. The fourth-order valence-corrected chi connectivity index (χ4v) is 4.30. The highest BCUT2D eigenvalue weighted by Gasteiger charge is 2.21. The molecule has 0 radical (unpaired) electrons. The molecule has 94 valence electrons. The summed E-state index contributed by atoms with van der Waals surface area (Å²) < 4.78 is 27.3. The summed E-state index contributed by atoms with van der Waals surface area (Å²) in [5, 5.41) is 0. The van der Waals surface area contributed by atoms with Crippen LogP contribution in [0.15, 0.2) is 10.3 Å². The van der Waals surface area contributed by atoms with Crippen molar-refractivity contribution in [1.29, 1.82) is 0 Å². The van der Waals surface area contributed by atoms with Gasteiger partial charge in [-0.15, -0.1) is 23.7 Å². The van der Waals surface area contributed by atoms with Crippen molar-refractivity contribution in [2.24, 2.45) is 0 Å². The second kappa shape index (κ2) is 5.87. The molecule has 1 N–H and O–H groups in total. The molecule has 0 aromatic carbocycles. The number of sulfonamides is 1. The molecule has 1 aromatic rings. The molecule has 17 heavy (non-hydrogen) atoms. The van der Waals surface area contributed by atoms with Gasteiger partial charge in [-0.05, 0) is 25.0 Å². The van der Waals surface area contributed by atoms with E-state index in [0.717, 1.165) is 16.9 Å². The predicted molar refractivity (Wildman–Crippen MR) is 71.9 cm³/mol. The average Bonchev–Trinajstić information content (AvgIpc) is 2.59. The number of nitrogens with one attached hydrogen (secondary N) is 1. The molecule has 0 saturated heterocycles. The molecular formula is C11H14ClNO2S2. The van der Waals surface area contributed by atoms with Gasteiger partial charge in [0.25, 0.3) is 0 Å². The van der Waals surface area contributed by atoms with Gasteiger partial charge in [-0.3, -0.25) is 0 Å². The Bertz CT molecular complexity index is 509. The third-order valence-electron chi connectivity index (χ3n) is 2.28. The molecule has 1 atom stereocenters. The van der Waals surface area contributed by atoms with Crippen molar-refractivity contribution in [2.75, 3.05) is 0 Å². The topological polar surface area (TPSA) is 46.2 Å². The maximum absolute atomic E-state index is 12.0. The molecular weight excluding hydrogens is 278 g/mol. The Kier molecular flexibility index (Phi) is 5.02. The van der Waals surface area contributed by atoms with Crippen LogP contribution >= 0.6 is 22.9 Å². The Morgan fingerprint density at radius 3 is 2.71 bits per heavy atom. The van der Waals surface area contributed by atoms with E-state index in [1.165, 1.54) is 0 Å². The third kappa shape index (κ3) is 3.71. The fourth-order valence-electron chi connectivity index (χ4n) is 1.25. The minimum Gasteiger partial charge on any atom is -0.206 e. The van der Waals surface area contributed by atoms with Gasteiger partial charge in [0.1, 0.15) is 4.21 Å². The second-order valence-corrected chi connectivity index (χ2v) is 7.25. The lowest BCUT2D eigenvalue weighted by atomic mass is 10.2. The van der Waals surface area contributed by atoms with Crippen LogP contribution in [0.3, 0.4) is 0 Å². The highest BCUT2D eigenvalue weighted by atomic mass is 35.5. The third-order valence-corrected chi connectivity index (χ3v) is 5.83.